The van der Waals surface area contributed by atoms with Crippen LogP contribution in [0.2, 0.25) is 0 Å². The molecule has 0 saturated carbocycles. The third-order valence-corrected chi connectivity index (χ3v) is 6.85. The van der Waals surface area contributed by atoms with Crippen molar-refractivity contribution in [2.75, 3.05) is 26.2 Å². The zero-order valence-electron chi connectivity index (χ0n) is 17.8. The topological polar surface area (TPSA) is 110 Å². The van der Waals surface area contributed by atoms with Crippen LogP contribution in [0.5, 0.6) is 0 Å². The molecule has 2 aromatic carbocycles. The maximum atomic E-state index is 12.9. The maximum Gasteiger partial charge on any atom is 0.277 e. The molecule has 32 heavy (non-hydrogen) atoms. The first-order valence-electron chi connectivity index (χ1n) is 10.8. The van der Waals surface area contributed by atoms with Gasteiger partial charge in [0.05, 0.1) is 21.5 Å². The van der Waals surface area contributed by atoms with Crippen molar-refractivity contribution in [1.82, 2.24) is 9.80 Å². The second kappa shape index (κ2) is 9.04. The van der Waals surface area contributed by atoms with Gasteiger partial charge < -0.3 is 4.90 Å². The number of nitro benzene ring substituents is 2. The van der Waals surface area contributed by atoms with Gasteiger partial charge in [-0.25, -0.2) is 0 Å². The van der Waals surface area contributed by atoms with Crippen molar-refractivity contribution in [3.63, 3.8) is 0 Å². The molecule has 0 bridgehead atoms. The lowest BCUT2D eigenvalue weighted by Crippen LogP contribution is -2.48. The van der Waals surface area contributed by atoms with Gasteiger partial charge in [0.25, 0.3) is 17.3 Å². The highest BCUT2D eigenvalue weighted by Crippen LogP contribution is 2.42. The molecule has 1 amide bonds. The van der Waals surface area contributed by atoms with E-state index in [4.69, 9.17) is 0 Å². The predicted molar refractivity (Wildman–Crippen MR) is 118 cm³/mol. The summed E-state index contributed by atoms with van der Waals surface area (Å²) < 4.78 is 0. The number of nitrogens with zero attached hydrogens (tertiary/aromatic N) is 4. The summed E-state index contributed by atoms with van der Waals surface area (Å²) >= 11 is 0. The van der Waals surface area contributed by atoms with Crippen molar-refractivity contribution in [3.05, 3.63) is 79.9 Å². The van der Waals surface area contributed by atoms with Gasteiger partial charge in [-0.2, -0.15) is 0 Å². The van der Waals surface area contributed by atoms with Crippen molar-refractivity contribution < 1.29 is 14.6 Å². The fraction of sp³-hybridized carbons (Fsp3) is 0.435. The Hall–Kier alpha value is -3.33. The number of hydrogen-bond donors (Lipinski definition) is 0. The molecule has 0 atom stereocenters. The summed E-state index contributed by atoms with van der Waals surface area (Å²) in [5.41, 5.74) is 0.650. The molecule has 2 aromatic rings. The fourth-order valence-corrected chi connectivity index (χ4v) is 4.82. The summed E-state index contributed by atoms with van der Waals surface area (Å²) in [4.78, 5) is 37.9. The highest BCUT2D eigenvalue weighted by Gasteiger charge is 2.39. The van der Waals surface area contributed by atoms with Crippen LogP contribution in [0.4, 0.5) is 11.4 Å². The number of rotatable bonds is 5. The third-order valence-electron chi connectivity index (χ3n) is 6.85. The second-order valence-corrected chi connectivity index (χ2v) is 8.81. The van der Waals surface area contributed by atoms with Crippen LogP contribution in [-0.2, 0) is 6.54 Å². The van der Waals surface area contributed by atoms with Crippen molar-refractivity contribution in [1.29, 1.82) is 0 Å². The second-order valence-electron chi connectivity index (χ2n) is 8.81. The van der Waals surface area contributed by atoms with Gasteiger partial charge in [0, 0.05) is 31.8 Å². The number of carbonyl (C=O) groups excluding carboxylic acids is 1. The Morgan fingerprint density at radius 1 is 0.844 bits per heavy atom. The van der Waals surface area contributed by atoms with E-state index in [9.17, 15) is 25.0 Å². The van der Waals surface area contributed by atoms with E-state index in [2.05, 4.69) is 29.2 Å². The molecular weight excluding hydrogens is 412 g/mol. The van der Waals surface area contributed by atoms with Crippen LogP contribution in [0.25, 0.3) is 0 Å². The number of benzene rings is 2. The van der Waals surface area contributed by atoms with Gasteiger partial charge in [0.2, 0.25) is 0 Å². The highest BCUT2D eigenvalue weighted by molar-refractivity contribution is 5.95. The van der Waals surface area contributed by atoms with Crippen LogP contribution >= 0.6 is 0 Å². The van der Waals surface area contributed by atoms with Crippen molar-refractivity contribution in [2.24, 2.45) is 5.41 Å². The van der Waals surface area contributed by atoms with Crippen LogP contribution in [0.1, 0.15) is 41.6 Å². The minimum absolute atomic E-state index is 0.000435. The monoisotopic (exact) mass is 438 g/mol. The molecule has 2 aliphatic heterocycles. The van der Waals surface area contributed by atoms with E-state index in [0.717, 1.165) is 63.5 Å². The molecule has 9 nitrogen and oxygen atoms in total. The minimum atomic E-state index is -0.710. The molecule has 1 spiro atoms. The van der Waals surface area contributed by atoms with Gasteiger partial charge in [0.15, 0.2) is 0 Å². The molecule has 4 rings (SSSR count). The molecule has 0 aromatic heterocycles. The summed E-state index contributed by atoms with van der Waals surface area (Å²) in [6.45, 7) is 4.13. The average molecular weight is 438 g/mol. The molecule has 2 saturated heterocycles. The van der Waals surface area contributed by atoms with Gasteiger partial charge in [-0.1, -0.05) is 30.3 Å². The van der Waals surface area contributed by atoms with E-state index in [1.807, 2.05) is 6.07 Å². The minimum Gasteiger partial charge on any atom is -0.339 e. The van der Waals surface area contributed by atoms with Crippen molar-refractivity contribution >= 4 is 17.3 Å². The van der Waals surface area contributed by atoms with E-state index in [1.54, 1.807) is 4.90 Å². The number of amides is 1. The SMILES string of the molecule is O=C(c1cc([N+](=O)[O-])cc([N+](=O)[O-])c1)N1CCC2(CCN(Cc3ccccc3)CC2)CC1. The number of hydrogen-bond acceptors (Lipinski definition) is 6. The predicted octanol–water partition coefficient (Wildman–Crippen LogP) is 4.02. The number of nitro groups is 2. The van der Waals surface area contributed by atoms with Crippen LogP contribution in [0.15, 0.2) is 48.5 Å². The van der Waals surface area contributed by atoms with Crippen molar-refractivity contribution in [2.45, 2.75) is 32.2 Å². The fourth-order valence-electron chi connectivity index (χ4n) is 4.82. The van der Waals surface area contributed by atoms with Crippen LogP contribution < -0.4 is 0 Å². The summed E-state index contributed by atoms with van der Waals surface area (Å²) in [6, 6.07) is 13.6. The molecule has 2 fully saturated rings. The van der Waals surface area contributed by atoms with Crippen molar-refractivity contribution in [3.8, 4) is 0 Å². The summed E-state index contributed by atoms with van der Waals surface area (Å²) in [7, 11) is 0. The lowest BCUT2D eigenvalue weighted by molar-refractivity contribution is -0.394. The zero-order valence-corrected chi connectivity index (χ0v) is 17.8. The normalized spacial score (nSPS) is 18.4. The molecule has 0 N–H and O–H groups in total. The maximum absolute atomic E-state index is 12.9. The summed E-state index contributed by atoms with van der Waals surface area (Å²) in [6.07, 6.45) is 3.94. The largest absolute Gasteiger partial charge is 0.339 e. The van der Waals surface area contributed by atoms with Crippen LogP contribution in [-0.4, -0.2) is 51.7 Å². The first-order valence-corrected chi connectivity index (χ1v) is 10.8. The molecule has 0 aliphatic carbocycles. The van der Waals surface area contributed by atoms with E-state index < -0.39 is 21.2 Å². The Morgan fingerprint density at radius 2 is 1.38 bits per heavy atom. The van der Waals surface area contributed by atoms with E-state index >= 15 is 0 Å². The van der Waals surface area contributed by atoms with Gasteiger partial charge in [0.1, 0.15) is 0 Å². The molecule has 0 unspecified atom stereocenters. The smallest absolute Gasteiger partial charge is 0.277 e. The Labute approximate surface area is 185 Å². The van der Waals surface area contributed by atoms with Gasteiger partial charge in [-0.3, -0.25) is 29.9 Å². The Balaban J connectivity index is 1.36. The molecule has 2 heterocycles. The Morgan fingerprint density at radius 3 is 1.91 bits per heavy atom. The molecule has 9 heteroatoms. The van der Waals surface area contributed by atoms with Crippen LogP contribution in [0.3, 0.4) is 0 Å². The zero-order chi connectivity index (χ0) is 22.7. The van der Waals surface area contributed by atoms with Gasteiger partial charge >= 0.3 is 0 Å². The Bertz CT molecular complexity index is 976. The standard InChI is InChI=1S/C23H26N4O5/c28-22(19-14-20(26(29)30)16-21(15-19)27(31)32)25-12-8-23(9-13-25)6-10-24(11-7-23)17-18-4-2-1-3-5-18/h1-5,14-16H,6-13,17H2. The van der Waals surface area contributed by atoms with Gasteiger partial charge in [-0.05, 0) is 49.8 Å². The number of piperidine rings is 2. The summed E-state index contributed by atoms with van der Waals surface area (Å²) in [5, 5.41) is 22.3. The highest BCUT2D eigenvalue weighted by atomic mass is 16.6. The van der Waals surface area contributed by atoms with E-state index in [1.165, 1.54) is 5.56 Å². The molecular formula is C23H26N4O5. The first-order chi connectivity index (χ1) is 15.3. The first kappa shape index (κ1) is 21.9. The van der Waals surface area contributed by atoms with E-state index in [0.29, 0.717) is 13.1 Å². The molecule has 168 valence electrons. The van der Waals surface area contributed by atoms with E-state index in [-0.39, 0.29) is 16.9 Å². The Kier molecular flexibility index (Phi) is 6.18. The third kappa shape index (κ3) is 4.77. The quantitative estimate of drug-likeness (QED) is 0.515. The number of non-ortho nitro benzene ring substituents is 2. The lowest BCUT2D eigenvalue weighted by Gasteiger charge is -2.47. The molecule has 0 radical (unpaired) electrons. The molecule has 2 aliphatic rings. The summed E-state index contributed by atoms with van der Waals surface area (Å²) in [5.74, 6) is -0.381. The van der Waals surface area contributed by atoms with Crippen LogP contribution in [0, 0.1) is 25.6 Å². The lowest BCUT2D eigenvalue weighted by atomic mass is 9.71. The average Bonchev–Trinajstić information content (AvgIpc) is 2.81. The number of carbonyl (C=O) groups is 1. The number of likely N-dealkylation sites (tertiary alicyclic amines) is 2. The van der Waals surface area contributed by atoms with Gasteiger partial charge in [-0.15, -0.1) is 0 Å².